The zero-order chi connectivity index (χ0) is 9.52. The molecule has 0 fully saturated rings. The summed E-state index contributed by atoms with van der Waals surface area (Å²) in [6.07, 6.45) is 0. The van der Waals surface area contributed by atoms with Crippen molar-refractivity contribution in [3.63, 3.8) is 0 Å². The second-order valence-electron chi connectivity index (χ2n) is 3.87. The molecule has 4 heteroatoms. The van der Waals surface area contributed by atoms with Crippen molar-refractivity contribution in [3.8, 4) is 0 Å². The summed E-state index contributed by atoms with van der Waals surface area (Å²) < 4.78 is 2.92. The van der Waals surface area contributed by atoms with Crippen LogP contribution in [0.25, 0.3) is 0 Å². The van der Waals surface area contributed by atoms with Gasteiger partial charge < -0.3 is 5.73 Å². The van der Waals surface area contributed by atoms with E-state index < -0.39 is 0 Å². The average molecular weight is 279 g/mol. The molecule has 1 aromatic heterocycles. The maximum atomic E-state index is 5.88. The van der Waals surface area contributed by atoms with E-state index >= 15 is 0 Å². The maximum Gasteiger partial charge on any atom is 0.136 e. The quantitative estimate of drug-likeness (QED) is 0.739. The van der Waals surface area contributed by atoms with Gasteiger partial charge in [0, 0.05) is 0 Å². The third-order valence-corrected chi connectivity index (χ3v) is 2.99. The van der Waals surface area contributed by atoms with Gasteiger partial charge >= 0.3 is 0 Å². The minimum Gasteiger partial charge on any atom is -0.383 e. The highest BCUT2D eigenvalue weighted by molar-refractivity contribution is 14.1. The molecule has 0 saturated heterocycles. The molecule has 0 saturated carbocycles. The zero-order valence-corrected chi connectivity index (χ0v) is 10.0. The highest BCUT2D eigenvalue weighted by atomic mass is 127. The Morgan fingerprint density at radius 3 is 2.08 bits per heavy atom. The number of aromatic nitrogens is 2. The first kappa shape index (κ1) is 9.83. The minimum absolute atomic E-state index is 0.0295. The molecule has 2 N–H and O–H groups in total. The molecule has 1 heterocycles. The topological polar surface area (TPSA) is 43.8 Å². The van der Waals surface area contributed by atoms with Crippen LogP contribution in [0.1, 0.15) is 26.5 Å². The maximum absolute atomic E-state index is 5.88. The van der Waals surface area contributed by atoms with Gasteiger partial charge in [-0.05, 0) is 50.3 Å². The average Bonchev–Trinajstić information content (AvgIpc) is 2.15. The molecule has 0 atom stereocenters. The molecular weight excluding hydrogens is 265 g/mol. The van der Waals surface area contributed by atoms with Crippen molar-refractivity contribution in [2.45, 2.75) is 33.2 Å². The lowest BCUT2D eigenvalue weighted by atomic mass is 10.1. The number of nitrogen functional groups attached to an aromatic ring is 1. The number of nitrogens with two attached hydrogens (primary N) is 1. The summed E-state index contributed by atoms with van der Waals surface area (Å²) in [5.41, 5.74) is 6.86. The molecule has 0 aliphatic carbocycles. The normalized spacial score (nSPS) is 12.1. The summed E-state index contributed by atoms with van der Waals surface area (Å²) >= 11 is 2.22. The number of rotatable bonds is 0. The lowest BCUT2D eigenvalue weighted by Crippen LogP contribution is -2.24. The van der Waals surface area contributed by atoms with Crippen molar-refractivity contribution < 1.29 is 0 Å². The molecule has 0 aliphatic rings. The second-order valence-corrected chi connectivity index (χ2v) is 4.95. The van der Waals surface area contributed by atoms with Gasteiger partial charge in [0.15, 0.2) is 0 Å². The van der Waals surface area contributed by atoms with Crippen LogP contribution in [0.5, 0.6) is 0 Å². The third kappa shape index (κ3) is 1.57. The first-order chi connectivity index (χ1) is 5.34. The van der Waals surface area contributed by atoms with E-state index in [9.17, 15) is 0 Å². The Morgan fingerprint density at radius 2 is 1.92 bits per heavy atom. The van der Waals surface area contributed by atoms with Crippen molar-refractivity contribution >= 4 is 28.4 Å². The summed E-state index contributed by atoms with van der Waals surface area (Å²) in [5.74, 6) is 0.764. The fourth-order valence-electron chi connectivity index (χ4n) is 1.04. The minimum atomic E-state index is -0.0295. The number of nitrogens with zero attached hydrogens (tertiary/aromatic N) is 2. The molecule has 0 amide bonds. The van der Waals surface area contributed by atoms with Gasteiger partial charge in [-0.2, -0.15) is 5.10 Å². The van der Waals surface area contributed by atoms with Gasteiger partial charge in [-0.1, -0.05) is 0 Å². The Hall–Kier alpha value is -0.260. The van der Waals surface area contributed by atoms with Crippen LogP contribution in [0.15, 0.2) is 0 Å². The number of anilines is 1. The molecule has 1 aromatic rings. The van der Waals surface area contributed by atoms with Crippen molar-refractivity contribution in [3.05, 3.63) is 9.26 Å². The largest absolute Gasteiger partial charge is 0.383 e. The fraction of sp³-hybridized carbons (Fsp3) is 0.625. The Balaban J connectivity index is 3.28. The van der Waals surface area contributed by atoms with Crippen molar-refractivity contribution in [1.29, 1.82) is 0 Å². The van der Waals surface area contributed by atoms with E-state index in [-0.39, 0.29) is 5.54 Å². The molecule has 68 valence electrons. The Bertz CT molecular complexity index is 296. The molecule has 0 bridgehead atoms. The van der Waals surface area contributed by atoms with E-state index in [1.54, 1.807) is 0 Å². The van der Waals surface area contributed by atoms with Crippen LogP contribution in [0, 0.1) is 10.5 Å². The SMILES string of the molecule is Cc1nn(C(C)(C)C)c(N)c1I. The van der Waals surface area contributed by atoms with E-state index in [1.165, 1.54) is 0 Å². The first-order valence-electron chi connectivity index (χ1n) is 3.85. The lowest BCUT2D eigenvalue weighted by molar-refractivity contribution is 0.360. The van der Waals surface area contributed by atoms with Crippen molar-refractivity contribution in [2.24, 2.45) is 0 Å². The standard InChI is InChI=1S/C8H14IN3/c1-5-6(9)7(10)12(11-5)8(2,3)4/h10H2,1-4H3. The summed E-state index contributed by atoms with van der Waals surface area (Å²) in [7, 11) is 0. The van der Waals surface area contributed by atoms with Crippen LogP contribution in [0.3, 0.4) is 0 Å². The van der Waals surface area contributed by atoms with Crippen LogP contribution in [0.4, 0.5) is 5.82 Å². The van der Waals surface area contributed by atoms with Crippen LogP contribution in [0.2, 0.25) is 0 Å². The van der Waals surface area contributed by atoms with Gasteiger partial charge in [-0.3, -0.25) is 0 Å². The van der Waals surface area contributed by atoms with E-state index in [0.29, 0.717) is 0 Å². The smallest absolute Gasteiger partial charge is 0.136 e. The van der Waals surface area contributed by atoms with Gasteiger partial charge in [0.2, 0.25) is 0 Å². The van der Waals surface area contributed by atoms with Gasteiger partial charge in [-0.15, -0.1) is 0 Å². The summed E-state index contributed by atoms with van der Waals surface area (Å²) in [6, 6.07) is 0. The summed E-state index contributed by atoms with van der Waals surface area (Å²) in [5, 5.41) is 4.37. The third-order valence-electron chi connectivity index (χ3n) is 1.66. The van der Waals surface area contributed by atoms with Gasteiger partial charge in [0.25, 0.3) is 0 Å². The van der Waals surface area contributed by atoms with E-state index in [2.05, 4.69) is 48.5 Å². The van der Waals surface area contributed by atoms with Gasteiger partial charge in [0.1, 0.15) is 5.82 Å². The highest BCUT2D eigenvalue weighted by Crippen LogP contribution is 2.24. The second kappa shape index (κ2) is 2.90. The summed E-state index contributed by atoms with van der Waals surface area (Å²) in [6.45, 7) is 8.24. The molecule has 12 heavy (non-hydrogen) atoms. The van der Waals surface area contributed by atoms with Crippen LogP contribution in [-0.2, 0) is 5.54 Å². The Labute approximate surface area is 86.5 Å². The van der Waals surface area contributed by atoms with E-state index in [1.807, 2.05) is 11.6 Å². The molecule has 1 rings (SSSR count). The number of halogens is 1. The predicted octanol–water partition coefficient (Wildman–Crippen LogP) is 2.13. The van der Waals surface area contributed by atoms with E-state index in [0.717, 1.165) is 15.1 Å². The van der Waals surface area contributed by atoms with Gasteiger partial charge in [-0.25, -0.2) is 4.68 Å². The molecule has 0 aromatic carbocycles. The van der Waals surface area contributed by atoms with Crippen LogP contribution in [-0.4, -0.2) is 9.78 Å². The molecule has 0 aliphatic heterocycles. The molecule has 3 nitrogen and oxygen atoms in total. The Kier molecular flexibility index (Phi) is 2.38. The summed E-state index contributed by atoms with van der Waals surface area (Å²) in [4.78, 5) is 0. The fourth-order valence-corrected chi connectivity index (χ4v) is 1.37. The Morgan fingerprint density at radius 1 is 1.42 bits per heavy atom. The van der Waals surface area contributed by atoms with Crippen molar-refractivity contribution in [1.82, 2.24) is 9.78 Å². The van der Waals surface area contributed by atoms with Crippen LogP contribution < -0.4 is 5.73 Å². The molecule has 0 radical (unpaired) electrons. The lowest BCUT2D eigenvalue weighted by Gasteiger charge is -2.20. The van der Waals surface area contributed by atoms with E-state index in [4.69, 9.17) is 5.73 Å². The molecular formula is C8H14IN3. The first-order valence-corrected chi connectivity index (χ1v) is 4.93. The molecule has 0 unspecified atom stereocenters. The predicted molar refractivity (Wildman–Crippen MR) is 59.1 cm³/mol. The van der Waals surface area contributed by atoms with Crippen molar-refractivity contribution in [2.75, 3.05) is 5.73 Å². The highest BCUT2D eigenvalue weighted by Gasteiger charge is 2.19. The monoisotopic (exact) mass is 279 g/mol. The number of hydrogen-bond acceptors (Lipinski definition) is 2. The van der Waals surface area contributed by atoms with Crippen LogP contribution >= 0.6 is 22.6 Å². The zero-order valence-electron chi connectivity index (χ0n) is 7.85. The van der Waals surface area contributed by atoms with Gasteiger partial charge in [0.05, 0.1) is 14.8 Å². The number of hydrogen-bond donors (Lipinski definition) is 1. The molecule has 0 spiro atoms. The number of aryl methyl sites for hydroxylation is 1.